The van der Waals surface area contributed by atoms with Gasteiger partial charge in [-0.25, -0.2) is 0 Å². The summed E-state index contributed by atoms with van der Waals surface area (Å²) in [5.74, 6) is 0. The molecule has 1 aliphatic rings. The van der Waals surface area contributed by atoms with E-state index < -0.39 is 0 Å². The van der Waals surface area contributed by atoms with Crippen LogP contribution in [0.25, 0.3) is 0 Å². The Labute approximate surface area is 123 Å². The molecule has 3 nitrogen and oxygen atoms in total. The lowest BCUT2D eigenvalue weighted by Gasteiger charge is -2.35. The van der Waals surface area contributed by atoms with E-state index in [1.54, 1.807) is 0 Å². The van der Waals surface area contributed by atoms with Crippen LogP contribution in [-0.2, 0) is 11.2 Å². The smallest absolute Gasteiger partial charge is 0.0750 e. The van der Waals surface area contributed by atoms with E-state index in [1.165, 1.54) is 29.7 Å². The number of nitrogens with two attached hydrogens (primary N) is 1. The highest BCUT2D eigenvalue weighted by Gasteiger charge is 2.21. The molecule has 112 valence electrons. The van der Waals surface area contributed by atoms with Crippen LogP contribution in [0.3, 0.4) is 0 Å². The first kappa shape index (κ1) is 15.3. The van der Waals surface area contributed by atoms with Crippen LogP contribution >= 0.6 is 0 Å². The summed E-state index contributed by atoms with van der Waals surface area (Å²) in [6.45, 7) is 8.04. The first-order valence-corrected chi connectivity index (χ1v) is 7.90. The van der Waals surface area contributed by atoms with Crippen molar-refractivity contribution in [2.75, 3.05) is 31.1 Å². The van der Waals surface area contributed by atoms with Gasteiger partial charge in [-0.3, -0.25) is 0 Å². The van der Waals surface area contributed by atoms with Crippen molar-refractivity contribution in [3.05, 3.63) is 29.3 Å². The van der Waals surface area contributed by atoms with Gasteiger partial charge in [-0.2, -0.15) is 0 Å². The van der Waals surface area contributed by atoms with Crippen LogP contribution in [0.5, 0.6) is 0 Å². The molecule has 0 amide bonds. The van der Waals surface area contributed by atoms with Gasteiger partial charge in [0.1, 0.15) is 0 Å². The minimum Gasteiger partial charge on any atom is -0.376 e. The third-order valence-electron chi connectivity index (χ3n) is 3.93. The minimum absolute atomic E-state index is 0.385. The summed E-state index contributed by atoms with van der Waals surface area (Å²) >= 11 is 0. The summed E-state index contributed by atoms with van der Waals surface area (Å²) in [5.41, 5.74) is 9.80. The summed E-state index contributed by atoms with van der Waals surface area (Å²) in [7, 11) is 0. The molecule has 0 spiro atoms. The lowest BCUT2D eigenvalue weighted by molar-refractivity contribution is 0.0440. The molecular weight excluding hydrogens is 248 g/mol. The number of anilines is 1. The number of nitrogens with zero attached hydrogens (tertiary/aromatic N) is 1. The largest absolute Gasteiger partial charge is 0.376 e. The number of hydrogen-bond acceptors (Lipinski definition) is 3. The Hall–Kier alpha value is -1.06. The molecule has 0 aliphatic carbocycles. The molecule has 0 saturated carbocycles. The van der Waals surface area contributed by atoms with Crippen LogP contribution in [0.15, 0.2) is 18.2 Å². The second kappa shape index (κ2) is 7.65. The van der Waals surface area contributed by atoms with Crippen LogP contribution < -0.4 is 10.6 Å². The molecule has 0 bridgehead atoms. The van der Waals surface area contributed by atoms with Crippen molar-refractivity contribution in [2.24, 2.45) is 5.73 Å². The standard InChI is InChI=1S/C17H28N2O/c1-3-11-20-16-5-4-10-19(13-16)17-7-6-14(2)12-15(17)8-9-18/h6-7,12,16H,3-5,8-11,13,18H2,1-2H3. The Morgan fingerprint density at radius 1 is 1.40 bits per heavy atom. The van der Waals surface area contributed by atoms with E-state index in [1.807, 2.05) is 0 Å². The number of hydrogen-bond donors (Lipinski definition) is 1. The van der Waals surface area contributed by atoms with Gasteiger partial charge >= 0.3 is 0 Å². The molecule has 1 aromatic carbocycles. The normalized spacial score (nSPS) is 19.4. The molecule has 1 saturated heterocycles. The van der Waals surface area contributed by atoms with Gasteiger partial charge in [0, 0.05) is 25.4 Å². The second-order valence-electron chi connectivity index (χ2n) is 5.75. The van der Waals surface area contributed by atoms with Crippen molar-refractivity contribution in [1.82, 2.24) is 0 Å². The predicted molar refractivity (Wildman–Crippen MR) is 85.4 cm³/mol. The Kier molecular flexibility index (Phi) is 5.86. The van der Waals surface area contributed by atoms with E-state index in [2.05, 4.69) is 36.9 Å². The van der Waals surface area contributed by atoms with Gasteiger partial charge in [-0.1, -0.05) is 24.6 Å². The monoisotopic (exact) mass is 276 g/mol. The molecule has 1 fully saturated rings. The first-order valence-electron chi connectivity index (χ1n) is 7.90. The topological polar surface area (TPSA) is 38.5 Å². The van der Waals surface area contributed by atoms with Crippen molar-refractivity contribution in [1.29, 1.82) is 0 Å². The maximum absolute atomic E-state index is 5.94. The highest BCUT2D eigenvalue weighted by molar-refractivity contribution is 5.55. The number of ether oxygens (including phenoxy) is 1. The van der Waals surface area contributed by atoms with E-state index in [4.69, 9.17) is 10.5 Å². The molecule has 0 radical (unpaired) electrons. The Morgan fingerprint density at radius 2 is 2.25 bits per heavy atom. The zero-order chi connectivity index (χ0) is 14.4. The molecule has 2 N–H and O–H groups in total. The summed E-state index contributed by atoms with van der Waals surface area (Å²) in [6, 6.07) is 6.73. The third-order valence-corrected chi connectivity index (χ3v) is 3.93. The maximum Gasteiger partial charge on any atom is 0.0750 e. The van der Waals surface area contributed by atoms with E-state index in [0.717, 1.165) is 32.5 Å². The van der Waals surface area contributed by atoms with Gasteiger partial charge in [0.25, 0.3) is 0 Å². The van der Waals surface area contributed by atoms with E-state index in [9.17, 15) is 0 Å². The van der Waals surface area contributed by atoms with Crippen LogP contribution in [-0.4, -0.2) is 32.3 Å². The first-order chi connectivity index (χ1) is 9.74. The zero-order valence-electron chi connectivity index (χ0n) is 12.9. The van der Waals surface area contributed by atoms with E-state index in [0.29, 0.717) is 12.6 Å². The van der Waals surface area contributed by atoms with Gasteiger partial charge in [0.05, 0.1) is 6.10 Å². The van der Waals surface area contributed by atoms with Gasteiger partial charge in [-0.15, -0.1) is 0 Å². The Bertz CT molecular complexity index is 419. The number of rotatable bonds is 6. The molecule has 1 unspecified atom stereocenters. The molecular formula is C17H28N2O. The van der Waals surface area contributed by atoms with Gasteiger partial charge in [-0.05, 0) is 50.8 Å². The lowest BCUT2D eigenvalue weighted by atomic mass is 10.0. The highest BCUT2D eigenvalue weighted by Crippen LogP contribution is 2.26. The van der Waals surface area contributed by atoms with E-state index >= 15 is 0 Å². The summed E-state index contributed by atoms with van der Waals surface area (Å²) < 4.78 is 5.94. The average molecular weight is 276 g/mol. The Morgan fingerprint density at radius 3 is 3.00 bits per heavy atom. The van der Waals surface area contributed by atoms with Gasteiger partial charge < -0.3 is 15.4 Å². The minimum atomic E-state index is 0.385. The predicted octanol–water partition coefficient (Wildman–Crippen LogP) is 2.89. The van der Waals surface area contributed by atoms with Crippen molar-refractivity contribution in [3.8, 4) is 0 Å². The summed E-state index contributed by atoms with van der Waals surface area (Å²) in [5, 5.41) is 0. The van der Waals surface area contributed by atoms with Crippen molar-refractivity contribution < 1.29 is 4.74 Å². The number of aryl methyl sites for hydroxylation is 1. The quantitative estimate of drug-likeness (QED) is 0.868. The fraction of sp³-hybridized carbons (Fsp3) is 0.647. The fourth-order valence-electron chi connectivity index (χ4n) is 2.96. The summed E-state index contributed by atoms with van der Waals surface area (Å²) in [4.78, 5) is 2.48. The number of piperidine rings is 1. The zero-order valence-corrected chi connectivity index (χ0v) is 12.9. The Balaban J connectivity index is 2.09. The molecule has 3 heteroatoms. The molecule has 20 heavy (non-hydrogen) atoms. The number of benzene rings is 1. The second-order valence-corrected chi connectivity index (χ2v) is 5.75. The SMILES string of the molecule is CCCOC1CCCN(c2ccc(C)cc2CCN)C1. The third kappa shape index (κ3) is 3.97. The molecule has 1 atom stereocenters. The highest BCUT2D eigenvalue weighted by atomic mass is 16.5. The molecule has 1 aromatic rings. The van der Waals surface area contributed by atoms with Crippen LogP contribution in [0.1, 0.15) is 37.3 Å². The summed E-state index contributed by atoms with van der Waals surface area (Å²) in [6.07, 6.45) is 4.84. The lowest BCUT2D eigenvalue weighted by Crippen LogP contribution is -2.40. The molecule has 1 aliphatic heterocycles. The maximum atomic E-state index is 5.94. The van der Waals surface area contributed by atoms with Crippen molar-refractivity contribution in [2.45, 2.75) is 45.6 Å². The van der Waals surface area contributed by atoms with Crippen LogP contribution in [0, 0.1) is 6.92 Å². The van der Waals surface area contributed by atoms with Crippen molar-refractivity contribution in [3.63, 3.8) is 0 Å². The van der Waals surface area contributed by atoms with Crippen LogP contribution in [0.4, 0.5) is 5.69 Å². The van der Waals surface area contributed by atoms with Gasteiger partial charge in [0.15, 0.2) is 0 Å². The van der Waals surface area contributed by atoms with Gasteiger partial charge in [0.2, 0.25) is 0 Å². The van der Waals surface area contributed by atoms with Crippen molar-refractivity contribution >= 4 is 5.69 Å². The van der Waals surface area contributed by atoms with E-state index in [-0.39, 0.29) is 0 Å². The molecule has 2 rings (SSSR count). The van der Waals surface area contributed by atoms with Crippen LogP contribution in [0.2, 0.25) is 0 Å². The average Bonchev–Trinajstić information content (AvgIpc) is 2.46. The fourth-order valence-corrected chi connectivity index (χ4v) is 2.96. The molecule has 1 heterocycles. The molecule has 0 aromatic heterocycles.